The molecule has 1 heterocycles. The van der Waals surface area contributed by atoms with Crippen molar-refractivity contribution in [2.75, 3.05) is 5.75 Å². The Morgan fingerprint density at radius 3 is 2.61 bits per heavy atom. The molecule has 1 aromatic rings. The maximum Gasteiger partial charge on any atom is 0.0766 e. The average Bonchev–Trinajstić information content (AvgIpc) is 2.63. The molecule has 104 valence electrons. The first-order valence-electron chi connectivity index (χ1n) is 6.49. The van der Waals surface area contributed by atoms with E-state index < -0.39 is 0 Å². The molecule has 1 N–H and O–H groups in total. The lowest BCUT2D eigenvalue weighted by Crippen LogP contribution is -2.17. The van der Waals surface area contributed by atoms with Gasteiger partial charge in [0.15, 0.2) is 0 Å². The van der Waals surface area contributed by atoms with Gasteiger partial charge in [-0.2, -0.15) is 16.9 Å². The minimum Gasteiger partial charge on any atom is -0.392 e. The molecule has 1 aromatic heterocycles. The Morgan fingerprint density at radius 1 is 1.44 bits per heavy atom. The molecule has 0 aliphatic carbocycles. The predicted molar refractivity (Wildman–Crippen MR) is 82.2 cm³/mol. The van der Waals surface area contributed by atoms with Gasteiger partial charge in [0.25, 0.3) is 0 Å². The quantitative estimate of drug-likeness (QED) is 0.832. The van der Waals surface area contributed by atoms with Crippen molar-refractivity contribution in [3.05, 3.63) is 15.9 Å². The Labute approximate surface area is 122 Å². The van der Waals surface area contributed by atoms with Gasteiger partial charge in [-0.1, -0.05) is 20.8 Å². The van der Waals surface area contributed by atoms with Crippen molar-refractivity contribution in [3.63, 3.8) is 0 Å². The number of halogens is 1. The molecule has 0 fully saturated rings. The first kappa shape index (κ1) is 16.1. The Morgan fingerprint density at radius 2 is 2.11 bits per heavy atom. The van der Waals surface area contributed by atoms with E-state index in [0.29, 0.717) is 11.7 Å². The molecule has 0 bridgehead atoms. The third-order valence-corrected chi connectivity index (χ3v) is 5.47. The highest BCUT2D eigenvalue weighted by Crippen LogP contribution is 2.24. The van der Waals surface area contributed by atoms with Crippen LogP contribution in [-0.4, -0.2) is 32.0 Å². The summed E-state index contributed by atoms with van der Waals surface area (Å²) < 4.78 is 2.93. The minimum atomic E-state index is -0.305. The highest BCUT2D eigenvalue weighted by Gasteiger charge is 2.16. The Bertz CT molecular complexity index is 381. The smallest absolute Gasteiger partial charge is 0.0766 e. The molecule has 1 rings (SSSR count). The van der Waals surface area contributed by atoms with Gasteiger partial charge in [-0.05, 0) is 28.8 Å². The van der Waals surface area contributed by atoms with E-state index in [1.165, 1.54) is 0 Å². The van der Waals surface area contributed by atoms with Crippen LogP contribution >= 0.6 is 27.7 Å². The first-order valence-corrected chi connectivity index (χ1v) is 8.33. The highest BCUT2D eigenvalue weighted by atomic mass is 79.9. The topological polar surface area (TPSA) is 38.0 Å². The Balaban J connectivity index is 2.59. The van der Waals surface area contributed by atoms with Crippen LogP contribution < -0.4 is 0 Å². The molecule has 5 heteroatoms. The van der Waals surface area contributed by atoms with E-state index in [0.717, 1.165) is 34.5 Å². The molecule has 0 aliphatic heterocycles. The monoisotopic (exact) mass is 334 g/mol. The summed E-state index contributed by atoms with van der Waals surface area (Å²) >= 11 is 5.42. The molecule has 0 aromatic carbocycles. The zero-order chi connectivity index (χ0) is 13.7. The second kappa shape index (κ2) is 7.56. The summed E-state index contributed by atoms with van der Waals surface area (Å²) in [6.45, 7) is 6.47. The molecule has 0 spiro atoms. The lowest BCUT2D eigenvalue weighted by atomic mass is 10.2. The SMILES string of the molecule is CCc1nn(C)c(CC(O)CSC(C)CC)c1Br. The van der Waals surface area contributed by atoms with Crippen LogP contribution in [-0.2, 0) is 19.9 Å². The molecule has 0 amide bonds. The van der Waals surface area contributed by atoms with Crippen molar-refractivity contribution in [1.82, 2.24) is 9.78 Å². The molecule has 0 aliphatic rings. The largest absolute Gasteiger partial charge is 0.392 e. The van der Waals surface area contributed by atoms with Gasteiger partial charge in [-0.3, -0.25) is 4.68 Å². The van der Waals surface area contributed by atoms with E-state index in [9.17, 15) is 5.11 Å². The lowest BCUT2D eigenvalue weighted by Gasteiger charge is -2.13. The number of aliphatic hydroxyl groups is 1. The van der Waals surface area contributed by atoms with Crippen LogP contribution in [0, 0.1) is 0 Å². The van der Waals surface area contributed by atoms with Crippen molar-refractivity contribution < 1.29 is 5.11 Å². The minimum absolute atomic E-state index is 0.305. The zero-order valence-corrected chi connectivity index (χ0v) is 14.0. The number of rotatable bonds is 7. The maximum absolute atomic E-state index is 10.1. The fourth-order valence-corrected chi connectivity index (χ4v) is 3.40. The van der Waals surface area contributed by atoms with Crippen LogP contribution in [0.25, 0.3) is 0 Å². The standard InChI is InChI=1S/C13H23BrN2OS/c1-5-9(3)18-8-10(17)7-12-13(14)11(6-2)15-16(12)4/h9-10,17H,5-8H2,1-4H3. The predicted octanol–water partition coefficient (Wildman–Crippen LogP) is 3.18. The number of aliphatic hydroxyl groups excluding tert-OH is 1. The third kappa shape index (κ3) is 4.28. The number of aromatic nitrogens is 2. The number of hydrogen-bond acceptors (Lipinski definition) is 3. The van der Waals surface area contributed by atoms with Gasteiger partial charge in [0.2, 0.25) is 0 Å². The third-order valence-electron chi connectivity index (χ3n) is 3.08. The summed E-state index contributed by atoms with van der Waals surface area (Å²) in [6.07, 6.45) is 2.41. The van der Waals surface area contributed by atoms with Crippen molar-refractivity contribution in [1.29, 1.82) is 0 Å². The zero-order valence-electron chi connectivity index (χ0n) is 11.6. The van der Waals surface area contributed by atoms with Crippen LogP contribution in [0.15, 0.2) is 4.47 Å². The molecule has 2 unspecified atom stereocenters. The van der Waals surface area contributed by atoms with Crippen LogP contribution in [0.5, 0.6) is 0 Å². The second-order valence-corrected chi connectivity index (χ2v) is 6.86. The summed E-state index contributed by atoms with van der Waals surface area (Å²) in [5, 5.41) is 15.2. The van der Waals surface area contributed by atoms with Gasteiger partial charge in [0, 0.05) is 24.5 Å². The van der Waals surface area contributed by atoms with Gasteiger partial charge in [-0.25, -0.2) is 0 Å². The fraction of sp³-hybridized carbons (Fsp3) is 0.769. The normalized spacial score (nSPS) is 14.8. The Hall–Kier alpha value is -0.000000000000000111. The summed E-state index contributed by atoms with van der Waals surface area (Å²) in [5.74, 6) is 0.786. The van der Waals surface area contributed by atoms with E-state index in [1.807, 2.05) is 23.5 Å². The van der Waals surface area contributed by atoms with Gasteiger partial charge < -0.3 is 5.11 Å². The van der Waals surface area contributed by atoms with Gasteiger partial charge >= 0.3 is 0 Å². The van der Waals surface area contributed by atoms with Gasteiger partial charge in [-0.15, -0.1) is 0 Å². The molecule has 2 atom stereocenters. The van der Waals surface area contributed by atoms with Crippen LogP contribution in [0.2, 0.25) is 0 Å². The molecule has 18 heavy (non-hydrogen) atoms. The van der Waals surface area contributed by atoms with Crippen molar-refractivity contribution in [2.45, 2.75) is 51.4 Å². The number of thioether (sulfide) groups is 1. The van der Waals surface area contributed by atoms with Crippen molar-refractivity contribution in [2.24, 2.45) is 7.05 Å². The summed E-state index contributed by atoms with van der Waals surface area (Å²) in [7, 11) is 1.94. The highest BCUT2D eigenvalue weighted by molar-refractivity contribution is 9.10. The fourth-order valence-electron chi connectivity index (χ4n) is 1.72. The average molecular weight is 335 g/mol. The number of nitrogens with zero attached hydrogens (tertiary/aromatic N) is 2. The van der Waals surface area contributed by atoms with Crippen LogP contribution in [0.3, 0.4) is 0 Å². The molecular weight excluding hydrogens is 312 g/mol. The summed E-state index contributed by atoms with van der Waals surface area (Å²) in [4.78, 5) is 0. The first-order chi connectivity index (χ1) is 8.49. The second-order valence-electron chi connectivity index (χ2n) is 4.59. The van der Waals surface area contributed by atoms with Gasteiger partial charge in [0.1, 0.15) is 0 Å². The van der Waals surface area contributed by atoms with E-state index in [1.54, 1.807) is 0 Å². The van der Waals surface area contributed by atoms with E-state index in [4.69, 9.17) is 0 Å². The van der Waals surface area contributed by atoms with Crippen molar-refractivity contribution >= 4 is 27.7 Å². The Kier molecular flexibility index (Phi) is 6.74. The molecule has 0 radical (unpaired) electrons. The van der Waals surface area contributed by atoms with Crippen molar-refractivity contribution in [3.8, 4) is 0 Å². The molecular formula is C13H23BrN2OS. The number of aryl methyl sites for hydroxylation is 2. The summed E-state index contributed by atoms with van der Waals surface area (Å²) in [5.41, 5.74) is 2.15. The van der Waals surface area contributed by atoms with Crippen LogP contribution in [0.4, 0.5) is 0 Å². The lowest BCUT2D eigenvalue weighted by molar-refractivity contribution is 0.197. The van der Waals surface area contributed by atoms with Crippen LogP contribution in [0.1, 0.15) is 38.6 Å². The van der Waals surface area contributed by atoms with E-state index >= 15 is 0 Å². The molecule has 0 saturated heterocycles. The van der Waals surface area contributed by atoms with E-state index in [2.05, 4.69) is 41.8 Å². The summed E-state index contributed by atoms with van der Waals surface area (Å²) in [6, 6.07) is 0. The number of hydrogen-bond donors (Lipinski definition) is 1. The molecule has 0 saturated carbocycles. The maximum atomic E-state index is 10.1. The van der Waals surface area contributed by atoms with Gasteiger partial charge in [0.05, 0.1) is 22.0 Å². The molecule has 3 nitrogen and oxygen atoms in total. The van der Waals surface area contributed by atoms with E-state index in [-0.39, 0.29) is 6.10 Å².